The van der Waals surface area contributed by atoms with Crippen molar-refractivity contribution in [3.8, 4) is 0 Å². The second-order valence-electron chi connectivity index (χ2n) is 2.32. The molecule has 9 heavy (non-hydrogen) atoms. The molecule has 1 N–H and O–H groups in total. The molecule has 2 nitrogen and oxygen atoms in total. The van der Waals surface area contributed by atoms with E-state index in [2.05, 4.69) is 11.9 Å². The smallest absolute Gasteiger partial charge is 0.246 e. The molecule has 0 aromatic carbocycles. The topological polar surface area (TPSA) is 29.1 Å². The lowest BCUT2D eigenvalue weighted by molar-refractivity contribution is -0.117. The largest absolute Gasteiger partial charge is 0.352 e. The molecule has 0 aliphatic carbocycles. The maximum atomic E-state index is 10.8. The molecule has 1 aliphatic heterocycles. The Morgan fingerprint density at radius 2 is 2.22 bits per heavy atom. The number of hydrogen-bond acceptors (Lipinski definition) is 1. The van der Waals surface area contributed by atoms with Gasteiger partial charge in [-0.1, -0.05) is 6.58 Å². The van der Waals surface area contributed by atoms with Crippen LogP contribution in [0.1, 0.15) is 19.3 Å². The maximum absolute atomic E-state index is 10.8. The summed E-state index contributed by atoms with van der Waals surface area (Å²) in [4.78, 5) is 10.8. The minimum absolute atomic E-state index is 0.0347. The van der Waals surface area contributed by atoms with E-state index in [0.29, 0.717) is 0 Å². The van der Waals surface area contributed by atoms with Crippen LogP contribution in [0.25, 0.3) is 0 Å². The monoisotopic (exact) mass is 125 g/mol. The van der Waals surface area contributed by atoms with Crippen molar-refractivity contribution in [2.45, 2.75) is 19.3 Å². The molecule has 0 radical (unpaired) electrons. The van der Waals surface area contributed by atoms with Gasteiger partial charge < -0.3 is 5.32 Å². The molecule has 1 rings (SSSR count). The zero-order valence-electron chi connectivity index (χ0n) is 5.44. The molecule has 1 heterocycles. The van der Waals surface area contributed by atoms with Gasteiger partial charge in [-0.15, -0.1) is 0 Å². The standard InChI is InChI=1S/C7H11NO/c1-6-4-2-3-5-8-7(6)9/h1-5H2,(H,8,9). The van der Waals surface area contributed by atoms with Gasteiger partial charge in [-0.2, -0.15) is 0 Å². The van der Waals surface area contributed by atoms with Crippen LogP contribution in [0.2, 0.25) is 0 Å². The summed E-state index contributed by atoms with van der Waals surface area (Å²) in [7, 11) is 0. The third-order valence-corrected chi connectivity index (χ3v) is 1.51. The van der Waals surface area contributed by atoms with Crippen LogP contribution in [0, 0.1) is 0 Å². The molecule has 1 aliphatic rings. The number of hydrogen-bond donors (Lipinski definition) is 1. The third kappa shape index (κ3) is 1.56. The summed E-state index contributed by atoms with van der Waals surface area (Å²) in [6.45, 7) is 4.46. The third-order valence-electron chi connectivity index (χ3n) is 1.51. The average molecular weight is 125 g/mol. The predicted molar refractivity (Wildman–Crippen MR) is 36.0 cm³/mol. The Hall–Kier alpha value is -0.790. The predicted octanol–water partition coefficient (Wildman–Crippen LogP) is 0.843. The summed E-state index contributed by atoms with van der Waals surface area (Å²) in [6.07, 6.45) is 3.05. The highest BCUT2D eigenvalue weighted by Crippen LogP contribution is 2.07. The molecule has 1 fully saturated rings. The number of amides is 1. The van der Waals surface area contributed by atoms with Crippen molar-refractivity contribution in [2.24, 2.45) is 0 Å². The second kappa shape index (κ2) is 2.67. The van der Waals surface area contributed by atoms with Crippen molar-refractivity contribution in [1.29, 1.82) is 0 Å². The lowest BCUT2D eigenvalue weighted by atomic mass is 10.1. The Kier molecular flexibility index (Phi) is 1.88. The normalized spacial score (nSPS) is 20.9. The Morgan fingerprint density at radius 1 is 1.44 bits per heavy atom. The fraction of sp³-hybridized carbons (Fsp3) is 0.571. The van der Waals surface area contributed by atoms with E-state index in [9.17, 15) is 4.79 Å². The van der Waals surface area contributed by atoms with Crippen molar-refractivity contribution in [3.63, 3.8) is 0 Å². The van der Waals surface area contributed by atoms with Gasteiger partial charge in [0.25, 0.3) is 0 Å². The lowest BCUT2D eigenvalue weighted by Gasteiger charge is -1.97. The van der Waals surface area contributed by atoms with Crippen LogP contribution in [-0.4, -0.2) is 12.5 Å². The number of carbonyl (C=O) groups is 1. The highest BCUT2D eigenvalue weighted by atomic mass is 16.1. The summed E-state index contributed by atoms with van der Waals surface area (Å²) < 4.78 is 0. The molecule has 0 aromatic heterocycles. The van der Waals surface area contributed by atoms with Crippen LogP contribution in [0.15, 0.2) is 12.2 Å². The number of nitrogens with one attached hydrogen (secondary N) is 1. The Bertz CT molecular complexity index is 124. The fourth-order valence-corrected chi connectivity index (χ4v) is 0.904. The molecular weight excluding hydrogens is 114 g/mol. The first-order valence-electron chi connectivity index (χ1n) is 3.26. The first-order chi connectivity index (χ1) is 4.30. The maximum Gasteiger partial charge on any atom is 0.246 e. The van der Waals surface area contributed by atoms with Gasteiger partial charge in [0, 0.05) is 12.1 Å². The number of carbonyl (C=O) groups excluding carboxylic acids is 1. The molecule has 0 bridgehead atoms. The average Bonchev–Trinajstić information content (AvgIpc) is 1.99. The van der Waals surface area contributed by atoms with E-state index in [0.717, 1.165) is 31.4 Å². The highest BCUT2D eigenvalue weighted by Gasteiger charge is 2.08. The van der Waals surface area contributed by atoms with E-state index >= 15 is 0 Å². The van der Waals surface area contributed by atoms with Gasteiger partial charge in [0.2, 0.25) is 5.91 Å². The van der Waals surface area contributed by atoms with Crippen LogP contribution >= 0.6 is 0 Å². The number of rotatable bonds is 0. The van der Waals surface area contributed by atoms with E-state index in [1.807, 2.05) is 0 Å². The summed E-state index contributed by atoms with van der Waals surface area (Å²) in [5.74, 6) is 0.0347. The van der Waals surface area contributed by atoms with Gasteiger partial charge in [0.1, 0.15) is 0 Å². The van der Waals surface area contributed by atoms with E-state index in [4.69, 9.17) is 0 Å². The van der Waals surface area contributed by atoms with Gasteiger partial charge in [-0.3, -0.25) is 4.79 Å². The van der Waals surface area contributed by atoms with Crippen molar-refractivity contribution in [2.75, 3.05) is 6.54 Å². The molecule has 2 heteroatoms. The minimum atomic E-state index is 0.0347. The van der Waals surface area contributed by atoms with Gasteiger partial charge in [0.15, 0.2) is 0 Å². The summed E-state index contributed by atoms with van der Waals surface area (Å²) in [5.41, 5.74) is 0.729. The quantitative estimate of drug-likeness (QED) is 0.477. The van der Waals surface area contributed by atoms with Crippen LogP contribution in [-0.2, 0) is 4.79 Å². The molecule has 0 aromatic rings. The molecule has 1 saturated heterocycles. The van der Waals surface area contributed by atoms with Crippen molar-refractivity contribution >= 4 is 5.91 Å². The summed E-state index contributed by atoms with van der Waals surface area (Å²) >= 11 is 0. The lowest BCUT2D eigenvalue weighted by Crippen LogP contribution is -2.22. The van der Waals surface area contributed by atoms with E-state index < -0.39 is 0 Å². The van der Waals surface area contributed by atoms with E-state index in [1.165, 1.54) is 0 Å². The van der Waals surface area contributed by atoms with Crippen LogP contribution in [0.3, 0.4) is 0 Å². The first-order valence-corrected chi connectivity index (χ1v) is 3.26. The van der Waals surface area contributed by atoms with Gasteiger partial charge >= 0.3 is 0 Å². The zero-order chi connectivity index (χ0) is 6.69. The molecule has 0 spiro atoms. The Labute approximate surface area is 54.9 Å². The van der Waals surface area contributed by atoms with E-state index in [-0.39, 0.29) is 5.91 Å². The van der Waals surface area contributed by atoms with Gasteiger partial charge in [-0.25, -0.2) is 0 Å². The van der Waals surface area contributed by atoms with Crippen LogP contribution in [0.5, 0.6) is 0 Å². The van der Waals surface area contributed by atoms with Gasteiger partial charge in [0.05, 0.1) is 0 Å². The molecule has 0 unspecified atom stereocenters. The van der Waals surface area contributed by atoms with Crippen molar-refractivity contribution < 1.29 is 4.79 Å². The molecule has 50 valence electrons. The van der Waals surface area contributed by atoms with Crippen molar-refractivity contribution in [1.82, 2.24) is 5.32 Å². The van der Waals surface area contributed by atoms with Crippen molar-refractivity contribution in [3.05, 3.63) is 12.2 Å². The molecule has 0 saturated carbocycles. The minimum Gasteiger partial charge on any atom is -0.352 e. The Morgan fingerprint density at radius 3 is 3.00 bits per heavy atom. The molecule has 0 atom stereocenters. The van der Waals surface area contributed by atoms with E-state index in [1.54, 1.807) is 0 Å². The zero-order valence-corrected chi connectivity index (χ0v) is 5.44. The van der Waals surface area contributed by atoms with Crippen LogP contribution < -0.4 is 5.32 Å². The first kappa shape index (κ1) is 6.33. The van der Waals surface area contributed by atoms with Gasteiger partial charge in [-0.05, 0) is 19.3 Å². The highest BCUT2D eigenvalue weighted by molar-refractivity contribution is 5.92. The SMILES string of the molecule is C=C1CCCCNC1=O. The van der Waals surface area contributed by atoms with Crippen LogP contribution in [0.4, 0.5) is 0 Å². The Balaban J connectivity index is 2.51. The fourth-order valence-electron chi connectivity index (χ4n) is 0.904. The molecular formula is C7H11NO. The summed E-state index contributed by atoms with van der Waals surface area (Å²) in [5, 5.41) is 2.76. The summed E-state index contributed by atoms with van der Waals surface area (Å²) in [6, 6.07) is 0. The molecule has 1 amide bonds. The second-order valence-corrected chi connectivity index (χ2v) is 2.32.